The molecule has 2 rings (SSSR count). The molecule has 0 aliphatic rings. The summed E-state index contributed by atoms with van der Waals surface area (Å²) in [6, 6.07) is 7.09. The van der Waals surface area contributed by atoms with Crippen molar-refractivity contribution in [2.24, 2.45) is 0 Å². The number of halogens is 1. The third-order valence-corrected chi connectivity index (χ3v) is 2.77. The number of benzene rings is 1. The Labute approximate surface area is 94.3 Å². The molecule has 1 aromatic carbocycles. The van der Waals surface area contributed by atoms with Gasteiger partial charge in [0, 0.05) is 30.1 Å². The molecule has 0 amide bonds. The molecule has 2 aromatic rings. The van der Waals surface area contributed by atoms with E-state index in [1.165, 1.54) is 6.07 Å². The maximum Gasteiger partial charge on any atom is 0.125 e. The highest BCUT2D eigenvalue weighted by Crippen LogP contribution is 2.25. The van der Waals surface area contributed by atoms with Gasteiger partial charge in [-0.1, -0.05) is 0 Å². The van der Waals surface area contributed by atoms with Crippen molar-refractivity contribution >= 4 is 10.9 Å². The van der Waals surface area contributed by atoms with E-state index in [2.05, 4.69) is 18.4 Å². The molecule has 0 saturated heterocycles. The third kappa shape index (κ3) is 1.83. The Kier molecular flexibility index (Phi) is 2.97. The van der Waals surface area contributed by atoms with Gasteiger partial charge in [0.05, 0.1) is 5.52 Å². The highest BCUT2D eigenvalue weighted by Gasteiger charge is 2.11. The smallest absolute Gasteiger partial charge is 0.125 e. The molecule has 0 unspecified atom stereocenters. The van der Waals surface area contributed by atoms with E-state index in [1.807, 2.05) is 6.07 Å². The van der Waals surface area contributed by atoms with Gasteiger partial charge in [-0.2, -0.15) is 0 Å². The molecule has 1 N–H and O–H groups in total. The van der Waals surface area contributed by atoms with Crippen LogP contribution < -0.4 is 0 Å². The predicted molar refractivity (Wildman–Crippen MR) is 63.1 cm³/mol. The number of nitrogens with zero attached hydrogens (tertiary/aromatic N) is 1. The molecule has 0 fully saturated rings. The van der Waals surface area contributed by atoms with Gasteiger partial charge < -0.3 is 9.67 Å². The highest BCUT2D eigenvalue weighted by molar-refractivity contribution is 5.81. The zero-order chi connectivity index (χ0) is 11.7. The van der Waals surface area contributed by atoms with E-state index in [9.17, 15) is 4.39 Å². The lowest BCUT2D eigenvalue weighted by Gasteiger charge is -2.14. The summed E-state index contributed by atoms with van der Waals surface area (Å²) in [7, 11) is 0. The van der Waals surface area contributed by atoms with Gasteiger partial charge in [-0.25, -0.2) is 4.39 Å². The zero-order valence-corrected chi connectivity index (χ0v) is 9.57. The molecule has 1 heterocycles. The first kappa shape index (κ1) is 11.1. The van der Waals surface area contributed by atoms with E-state index < -0.39 is 0 Å². The van der Waals surface area contributed by atoms with Crippen LogP contribution in [0.1, 0.15) is 25.6 Å². The van der Waals surface area contributed by atoms with Crippen LogP contribution in [0.3, 0.4) is 0 Å². The SMILES string of the molecule is CC(C)n1c(CCO)cc2ccc(F)cc21. The van der Waals surface area contributed by atoms with Crippen molar-refractivity contribution in [2.75, 3.05) is 6.61 Å². The molecule has 0 bridgehead atoms. The van der Waals surface area contributed by atoms with Gasteiger partial charge >= 0.3 is 0 Å². The van der Waals surface area contributed by atoms with Gasteiger partial charge in [0.25, 0.3) is 0 Å². The number of fused-ring (bicyclic) bond motifs is 1. The summed E-state index contributed by atoms with van der Waals surface area (Å²) < 4.78 is 15.3. The maximum atomic E-state index is 13.2. The standard InChI is InChI=1S/C13H16FNO/c1-9(2)15-12(5-6-16)7-10-3-4-11(14)8-13(10)15/h3-4,7-9,16H,5-6H2,1-2H3. The molecule has 0 radical (unpaired) electrons. The molecule has 0 aliphatic heterocycles. The second kappa shape index (κ2) is 4.26. The number of aromatic nitrogens is 1. The molecular formula is C13H16FNO. The third-order valence-electron chi connectivity index (χ3n) is 2.77. The van der Waals surface area contributed by atoms with Crippen LogP contribution in [0.5, 0.6) is 0 Å². The summed E-state index contributed by atoms with van der Waals surface area (Å²) in [5.41, 5.74) is 1.96. The number of aliphatic hydroxyl groups excluding tert-OH is 1. The predicted octanol–water partition coefficient (Wildman–Crippen LogP) is 2.90. The minimum absolute atomic E-state index is 0.117. The molecule has 0 saturated carbocycles. The fourth-order valence-electron chi connectivity index (χ4n) is 2.17. The Hall–Kier alpha value is -1.35. The van der Waals surface area contributed by atoms with Crippen molar-refractivity contribution in [3.05, 3.63) is 35.8 Å². The summed E-state index contributed by atoms with van der Waals surface area (Å²) in [5, 5.41) is 10.0. The summed E-state index contributed by atoms with van der Waals surface area (Å²) in [6.07, 6.45) is 0.606. The Morgan fingerprint density at radius 1 is 1.31 bits per heavy atom. The van der Waals surface area contributed by atoms with Crippen molar-refractivity contribution in [3.8, 4) is 0 Å². The topological polar surface area (TPSA) is 25.2 Å². The Bertz CT molecular complexity index is 502. The Morgan fingerprint density at radius 2 is 2.06 bits per heavy atom. The first-order valence-corrected chi connectivity index (χ1v) is 5.53. The number of hydrogen-bond donors (Lipinski definition) is 1. The van der Waals surface area contributed by atoms with Gasteiger partial charge in [-0.05, 0) is 38.1 Å². The average Bonchev–Trinajstić information content (AvgIpc) is 2.55. The van der Waals surface area contributed by atoms with Crippen molar-refractivity contribution in [1.82, 2.24) is 4.57 Å². The first-order valence-electron chi connectivity index (χ1n) is 5.53. The van der Waals surface area contributed by atoms with Crippen LogP contribution in [-0.4, -0.2) is 16.3 Å². The van der Waals surface area contributed by atoms with Gasteiger partial charge in [0.1, 0.15) is 5.82 Å². The van der Waals surface area contributed by atoms with E-state index in [0.29, 0.717) is 6.42 Å². The molecule has 1 aromatic heterocycles. The number of hydrogen-bond acceptors (Lipinski definition) is 1. The van der Waals surface area contributed by atoms with E-state index in [4.69, 9.17) is 5.11 Å². The summed E-state index contributed by atoms with van der Waals surface area (Å²) >= 11 is 0. The van der Waals surface area contributed by atoms with Crippen LogP contribution in [0.15, 0.2) is 24.3 Å². The Balaban J connectivity index is 2.67. The lowest BCUT2D eigenvalue weighted by Crippen LogP contribution is -2.06. The molecule has 16 heavy (non-hydrogen) atoms. The van der Waals surface area contributed by atoms with Crippen molar-refractivity contribution in [2.45, 2.75) is 26.3 Å². The second-order valence-corrected chi connectivity index (χ2v) is 4.28. The van der Waals surface area contributed by atoms with Gasteiger partial charge in [-0.15, -0.1) is 0 Å². The van der Waals surface area contributed by atoms with Crippen molar-refractivity contribution in [3.63, 3.8) is 0 Å². The minimum atomic E-state index is -0.219. The number of aliphatic hydroxyl groups is 1. The summed E-state index contributed by atoms with van der Waals surface area (Å²) in [6.45, 7) is 4.24. The summed E-state index contributed by atoms with van der Waals surface area (Å²) in [4.78, 5) is 0. The summed E-state index contributed by atoms with van der Waals surface area (Å²) in [5.74, 6) is -0.219. The van der Waals surface area contributed by atoms with Crippen LogP contribution in [-0.2, 0) is 6.42 Å². The van der Waals surface area contributed by atoms with Crippen LogP contribution in [0.25, 0.3) is 10.9 Å². The molecule has 86 valence electrons. The molecule has 0 atom stereocenters. The fourth-order valence-corrected chi connectivity index (χ4v) is 2.17. The van der Waals surface area contributed by atoms with E-state index in [0.717, 1.165) is 16.6 Å². The van der Waals surface area contributed by atoms with Crippen LogP contribution in [0, 0.1) is 5.82 Å². The van der Waals surface area contributed by atoms with Gasteiger partial charge in [0.15, 0.2) is 0 Å². The second-order valence-electron chi connectivity index (χ2n) is 4.28. The normalized spacial score (nSPS) is 11.6. The van der Waals surface area contributed by atoms with Crippen LogP contribution in [0.4, 0.5) is 4.39 Å². The average molecular weight is 221 g/mol. The van der Waals surface area contributed by atoms with Crippen LogP contribution in [0.2, 0.25) is 0 Å². The van der Waals surface area contributed by atoms with Gasteiger partial charge in [-0.3, -0.25) is 0 Å². The van der Waals surface area contributed by atoms with Gasteiger partial charge in [0.2, 0.25) is 0 Å². The van der Waals surface area contributed by atoms with E-state index in [1.54, 1.807) is 12.1 Å². The largest absolute Gasteiger partial charge is 0.396 e. The molecule has 0 aliphatic carbocycles. The highest BCUT2D eigenvalue weighted by atomic mass is 19.1. The van der Waals surface area contributed by atoms with E-state index >= 15 is 0 Å². The lowest BCUT2D eigenvalue weighted by molar-refractivity contribution is 0.296. The molecule has 2 nitrogen and oxygen atoms in total. The number of rotatable bonds is 3. The Morgan fingerprint density at radius 3 is 2.69 bits per heavy atom. The van der Waals surface area contributed by atoms with Crippen molar-refractivity contribution < 1.29 is 9.50 Å². The quantitative estimate of drug-likeness (QED) is 0.847. The van der Waals surface area contributed by atoms with Crippen LogP contribution >= 0.6 is 0 Å². The molecular weight excluding hydrogens is 205 g/mol. The zero-order valence-electron chi connectivity index (χ0n) is 9.57. The molecule has 3 heteroatoms. The first-order chi connectivity index (χ1) is 7.63. The van der Waals surface area contributed by atoms with E-state index in [-0.39, 0.29) is 18.5 Å². The fraction of sp³-hybridized carbons (Fsp3) is 0.385. The minimum Gasteiger partial charge on any atom is -0.396 e. The van der Waals surface area contributed by atoms with Crippen molar-refractivity contribution in [1.29, 1.82) is 0 Å². The maximum absolute atomic E-state index is 13.2. The monoisotopic (exact) mass is 221 g/mol. The lowest BCUT2D eigenvalue weighted by atomic mass is 10.2. The molecule has 0 spiro atoms.